The molecule has 3 rings (SSSR count). The molecule has 1 aliphatic carbocycles. The van der Waals surface area contributed by atoms with E-state index < -0.39 is 0 Å². The van der Waals surface area contributed by atoms with Crippen LogP contribution >= 0.6 is 0 Å². The first-order valence-corrected chi connectivity index (χ1v) is 8.76. The Bertz CT molecular complexity index is 580. The van der Waals surface area contributed by atoms with Crippen LogP contribution in [0.4, 0.5) is 11.4 Å². The molecule has 2 fully saturated rings. The summed E-state index contributed by atoms with van der Waals surface area (Å²) in [6.45, 7) is 4.01. The molecule has 0 radical (unpaired) electrons. The third kappa shape index (κ3) is 6.45. The van der Waals surface area contributed by atoms with Crippen LogP contribution in [0.5, 0.6) is 0 Å². The molecule has 1 saturated carbocycles. The highest BCUT2D eigenvalue weighted by Gasteiger charge is 2.21. The van der Waals surface area contributed by atoms with Crippen LogP contribution in [0.2, 0.25) is 0 Å². The SMILES string of the molecule is O=C(COCC1CC1)Nc1ccc(NC(=O)CN2CCOCC2)cc1. The maximum atomic E-state index is 12.0. The van der Waals surface area contributed by atoms with E-state index in [1.165, 1.54) is 12.8 Å². The molecule has 1 aromatic rings. The monoisotopic (exact) mass is 347 g/mol. The number of morpholine rings is 1. The van der Waals surface area contributed by atoms with Gasteiger partial charge in [0, 0.05) is 24.5 Å². The van der Waals surface area contributed by atoms with Crippen molar-refractivity contribution in [2.24, 2.45) is 5.92 Å². The summed E-state index contributed by atoms with van der Waals surface area (Å²) < 4.78 is 10.6. The molecule has 7 heteroatoms. The van der Waals surface area contributed by atoms with Gasteiger partial charge >= 0.3 is 0 Å². The van der Waals surface area contributed by atoms with Gasteiger partial charge in [0.05, 0.1) is 26.4 Å². The quantitative estimate of drug-likeness (QED) is 0.741. The number of carbonyl (C=O) groups is 2. The maximum absolute atomic E-state index is 12.0. The number of carbonyl (C=O) groups excluding carboxylic acids is 2. The number of benzene rings is 1. The summed E-state index contributed by atoms with van der Waals surface area (Å²) in [6, 6.07) is 7.09. The zero-order chi connectivity index (χ0) is 17.5. The fraction of sp³-hybridized carbons (Fsp3) is 0.556. The lowest BCUT2D eigenvalue weighted by Crippen LogP contribution is -2.41. The third-order valence-corrected chi connectivity index (χ3v) is 4.21. The van der Waals surface area contributed by atoms with Crippen molar-refractivity contribution in [1.82, 2.24) is 4.90 Å². The minimum Gasteiger partial charge on any atom is -0.379 e. The van der Waals surface area contributed by atoms with E-state index >= 15 is 0 Å². The number of rotatable bonds is 8. The van der Waals surface area contributed by atoms with Gasteiger partial charge in [-0.2, -0.15) is 0 Å². The first kappa shape index (κ1) is 17.8. The molecular formula is C18H25N3O4. The van der Waals surface area contributed by atoms with Gasteiger partial charge in [0.15, 0.2) is 0 Å². The van der Waals surface area contributed by atoms with Crippen molar-refractivity contribution in [2.75, 3.05) is 56.7 Å². The van der Waals surface area contributed by atoms with Crippen molar-refractivity contribution in [3.63, 3.8) is 0 Å². The predicted molar refractivity (Wildman–Crippen MR) is 94.5 cm³/mol. The molecule has 0 atom stereocenters. The molecule has 0 bridgehead atoms. The molecule has 2 N–H and O–H groups in total. The first-order valence-electron chi connectivity index (χ1n) is 8.76. The van der Waals surface area contributed by atoms with E-state index in [0.717, 1.165) is 13.1 Å². The van der Waals surface area contributed by atoms with Crippen molar-refractivity contribution < 1.29 is 19.1 Å². The van der Waals surface area contributed by atoms with Crippen LogP contribution < -0.4 is 10.6 Å². The average molecular weight is 347 g/mol. The zero-order valence-corrected chi connectivity index (χ0v) is 14.3. The fourth-order valence-electron chi connectivity index (χ4n) is 2.60. The van der Waals surface area contributed by atoms with Gasteiger partial charge in [-0.15, -0.1) is 0 Å². The first-order chi connectivity index (χ1) is 12.2. The minimum absolute atomic E-state index is 0.0489. The second kappa shape index (κ2) is 8.94. The van der Waals surface area contributed by atoms with Crippen molar-refractivity contribution in [1.29, 1.82) is 0 Å². The van der Waals surface area contributed by atoms with Gasteiger partial charge in [-0.1, -0.05) is 0 Å². The van der Waals surface area contributed by atoms with Crippen molar-refractivity contribution >= 4 is 23.2 Å². The highest BCUT2D eigenvalue weighted by molar-refractivity contribution is 5.94. The number of ether oxygens (including phenoxy) is 2. The largest absolute Gasteiger partial charge is 0.379 e. The van der Waals surface area contributed by atoms with E-state index in [2.05, 4.69) is 15.5 Å². The molecule has 2 amide bonds. The molecule has 0 unspecified atom stereocenters. The van der Waals surface area contributed by atoms with Crippen molar-refractivity contribution in [3.05, 3.63) is 24.3 Å². The van der Waals surface area contributed by atoms with Crippen molar-refractivity contribution in [2.45, 2.75) is 12.8 Å². The standard InChI is InChI=1S/C18H25N3O4/c22-17(11-21-7-9-24-10-8-21)19-15-3-5-16(6-4-15)20-18(23)13-25-12-14-1-2-14/h3-6,14H,1-2,7-13H2,(H,19,22)(H,20,23). The molecule has 0 aromatic heterocycles. The molecule has 1 heterocycles. The number of nitrogens with one attached hydrogen (secondary N) is 2. The van der Waals surface area contributed by atoms with Gasteiger partial charge in [0.2, 0.25) is 11.8 Å². The van der Waals surface area contributed by atoms with Crippen molar-refractivity contribution in [3.8, 4) is 0 Å². The summed E-state index contributed by atoms with van der Waals surface area (Å²) in [5.41, 5.74) is 1.40. The second-order valence-corrected chi connectivity index (χ2v) is 6.52. The second-order valence-electron chi connectivity index (χ2n) is 6.52. The lowest BCUT2D eigenvalue weighted by atomic mass is 10.2. The molecule has 0 spiro atoms. The van der Waals surface area contributed by atoms with Crippen LogP contribution in [0, 0.1) is 5.92 Å². The van der Waals surface area contributed by atoms with E-state index in [-0.39, 0.29) is 18.4 Å². The number of amides is 2. The molecule has 7 nitrogen and oxygen atoms in total. The summed E-state index contributed by atoms with van der Waals surface area (Å²) in [4.78, 5) is 25.9. The van der Waals surface area contributed by atoms with E-state index in [1.807, 2.05) is 0 Å². The summed E-state index contributed by atoms with van der Waals surface area (Å²) >= 11 is 0. The number of nitrogens with zero attached hydrogens (tertiary/aromatic N) is 1. The Kier molecular flexibility index (Phi) is 6.38. The van der Waals surface area contributed by atoms with Crippen LogP contribution in [-0.4, -0.2) is 62.8 Å². The normalized spacial score (nSPS) is 17.9. The third-order valence-electron chi connectivity index (χ3n) is 4.21. The summed E-state index contributed by atoms with van der Waals surface area (Å²) in [7, 11) is 0. The minimum atomic E-state index is -0.162. The highest BCUT2D eigenvalue weighted by Crippen LogP contribution is 2.28. The number of hydrogen-bond acceptors (Lipinski definition) is 5. The molecule has 136 valence electrons. The Morgan fingerprint density at radius 2 is 1.64 bits per heavy atom. The highest BCUT2D eigenvalue weighted by atomic mass is 16.5. The van der Waals surface area contributed by atoms with Gasteiger partial charge in [0.25, 0.3) is 0 Å². The Hall–Kier alpha value is -1.96. The van der Waals surface area contributed by atoms with Gasteiger partial charge in [-0.05, 0) is 43.0 Å². The Morgan fingerprint density at radius 3 is 2.24 bits per heavy atom. The lowest BCUT2D eigenvalue weighted by molar-refractivity contribution is -0.121. The summed E-state index contributed by atoms with van der Waals surface area (Å²) in [5.74, 6) is 0.435. The topological polar surface area (TPSA) is 79.9 Å². The average Bonchev–Trinajstić information content (AvgIpc) is 3.42. The van der Waals surface area contributed by atoms with Crippen LogP contribution in [-0.2, 0) is 19.1 Å². The smallest absolute Gasteiger partial charge is 0.250 e. The van der Waals surface area contributed by atoms with E-state index in [4.69, 9.17) is 9.47 Å². The van der Waals surface area contributed by atoms with E-state index in [9.17, 15) is 9.59 Å². The van der Waals surface area contributed by atoms with Gasteiger partial charge in [-0.25, -0.2) is 0 Å². The molecule has 1 aliphatic heterocycles. The van der Waals surface area contributed by atoms with E-state index in [0.29, 0.717) is 43.7 Å². The maximum Gasteiger partial charge on any atom is 0.250 e. The van der Waals surface area contributed by atoms with Crippen LogP contribution in [0.1, 0.15) is 12.8 Å². The molecule has 2 aliphatic rings. The molecule has 25 heavy (non-hydrogen) atoms. The number of hydrogen-bond donors (Lipinski definition) is 2. The molecule has 1 aromatic carbocycles. The fourth-order valence-corrected chi connectivity index (χ4v) is 2.60. The van der Waals surface area contributed by atoms with E-state index in [1.54, 1.807) is 24.3 Å². The lowest BCUT2D eigenvalue weighted by Gasteiger charge is -2.25. The summed E-state index contributed by atoms with van der Waals surface area (Å²) in [5, 5.41) is 5.65. The Morgan fingerprint density at radius 1 is 1.04 bits per heavy atom. The predicted octanol–water partition coefficient (Wildman–Crippen LogP) is 1.32. The molecule has 1 saturated heterocycles. The Labute approximate surface area is 147 Å². The molecular weight excluding hydrogens is 322 g/mol. The Balaban J connectivity index is 1.38. The van der Waals surface area contributed by atoms with Crippen LogP contribution in [0.3, 0.4) is 0 Å². The van der Waals surface area contributed by atoms with Gasteiger partial charge < -0.3 is 20.1 Å². The number of anilines is 2. The van der Waals surface area contributed by atoms with Gasteiger partial charge in [0.1, 0.15) is 6.61 Å². The van der Waals surface area contributed by atoms with Crippen LogP contribution in [0.25, 0.3) is 0 Å². The van der Waals surface area contributed by atoms with Crippen LogP contribution in [0.15, 0.2) is 24.3 Å². The summed E-state index contributed by atoms with van der Waals surface area (Å²) in [6.07, 6.45) is 2.42. The van der Waals surface area contributed by atoms with Gasteiger partial charge in [-0.3, -0.25) is 14.5 Å². The zero-order valence-electron chi connectivity index (χ0n) is 14.3.